The van der Waals surface area contributed by atoms with Crippen LogP contribution < -0.4 is 5.32 Å². The van der Waals surface area contributed by atoms with Crippen molar-refractivity contribution in [2.24, 2.45) is 0 Å². The quantitative estimate of drug-likeness (QED) is 0.725. The van der Waals surface area contributed by atoms with Crippen molar-refractivity contribution in [3.63, 3.8) is 0 Å². The Kier molecular flexibility index (Phi) is 3.99. The molecule has 3 aromatic heterocycles. The molecule has 120 valence electrons. The van der Waals surface area contributed by atoms with Gasteiger partial charge in [-0.2, -0.15) is 13.2 Å². The van der Waals surface area contributed by atoms with Gasteiger partial charge < -0.3 is 5.32 Å². The first-order valence-electron chi connectivity index (χ1n) is 6.26. The Morgan fingerprint density at radius 3 is 2.78 bits per heavy atom. The van der Waals surface area contributed by atoms with Gasteiger partial charge in [0, 0.05) is 11.6 Å². The van der Waals surface area contributed by atoms with Crippen LogP contribution in [0.4, 0.5) is 19.0 Å². The summed E-state index contributed by atoms with van der Waals surface area (Å²) in [5, 5.41) is 3.79. The molecule has 0 spiro atoms. The summed E-state index contributed by atoms with van der Waals surface area (Å²) >= 11 is 6.51. The van der Waals surface area contributed by atoms with Crippen LogP contribution in [0.25, 0.3) is 4.83 Å². The molecule has 0 aliphatic carbocycles. The van der Waals surface area contributed by atoms with E-state index in [4.69, 9.17) is 11.6 Å². The number of aromatic nitrogens is 3. The van der Waals surface area contributed by atoms with Crippen LogP contribution in [0.15, 0.2) is 30.0 Å². The van der Waals surface area contributed by atoms with Crippen LogP contribution in [-0.2, 0) is 17.4 Å². The lowest BCUT2D eigenvalue weighted by Gasteiger charge is -2.03. The summed E-state index contributed by atoms with van der Waals surface area (Å²) in [6.45, 7) is 0. The van der Waals surface area contributed by atoms with Crippen molar-refractivity contribution >= 4 is 39.5 Å². The van der Waals surface area contributed by atoms with Gasteiger partial charge in [0.05, 0.1) is 6.42 Å². The molecule has 0 bridgehead atoms. The Labute approximate surface area is 136 Å². The first-order chi connectivity index (χ1) is 10.8. The summed E-state index contributed by atoms with van der Waals surface area (Å²) in [6.07, 6.45) is -1.97. The van der Waals surface area contributed by atoms with Crippen LogP contribution in [0.2, 0.25) is 5.15 Å². The third-order valence-corrected chi connectivity index (χ3v) is 4.14. The molecule has 0 radical (unpaired) electrons. The lowest BCUT2D eigenvalue weighted by atomic mass is 10.2. The van der Waals surface area contributed by atoms with Gasteiger partial charge in [-0.3, -0.25) is 9.20 Å². The van der Waals surface area contributed by atoms with Crippen LogP contribution in [0, 0.1) is 0 Å². The largest absolute Gasteiger partial charge is 0.432 e. The Hall–Kier alpha value is -2.13. The average molecular weight is 361 g/mol. The van der Waals surface area contributed by atoms with E-state index >= 15 is 0 Å². The third kappa shape index (κ3) is 3.30. The fourth-order valence-corrected chi connectivity index (χ4v) is 3.01. The average Bonchev–Trinajstić information content (AvgIpc) is 3.03. The Morgan fingerprint density at radius 1 is 1.35 bits per heavy atom. The fraction of sp³-hybridized carbons (Fsp3) is 0.154. The molecule has 0 aromatic carbocycles. The van der Waals surface area contributed by atoms with Crippen LogP contribution >= 0.6 is 22.9 Å². The topological polar surface area (TPSA) is 59.3 Å². The van der Waals surface area contributed by atoms with E-state index in [0.29, 0.717) is 10.7 Å². The molecule has 3 aromatic rings. The maximum atomic E-state index is 12.8. The molecule has 0 atom stereocenters. The molecule has 0 saturated heterocycles. The molecule has 0 fully saturated rings. The molecule has 10 heteroatoms. The van der Waals surface area contributed by atoms with E-state index < -0.39 is 17.8 Å². The molecule has 5 nitrogen and oxygen atoms in total. The van der Waals surface area contributed by atoms with Crippen molar-refractivity contribution in [1.82, 2.24) is 14.4 Å². The molecule has 0 aliphatic heterocycles. The second-order valence-electron chi connectivity index (χ2n) is 4.60. The van der Waals surface area contributed by atoms with Gasteiger partial charge >= 0.3 is 6.18 Å². The fourth-order valence-electron chi connectivity index (χ4n) is 1.95. The van der Waals surface area contributed by atoms with E-state index in [1.54, 1.807) is 12.1 Å². The summed E-state index contributed by atoms with van der Waals surface area (Å²) in [7, 11) is 0. The predicted molar refractivity (Wildman–Crippen MR) is 79.7 cm³/mol. The number of fused-ring (bicyclic) bond motifs is 1. The van der Waals surface area contributed by atoms with Crippen molar-refractivity contribution in [2.45, 2.75) is 12.6 Å². The highest BCUT2D eigenvalue weighted by molar-refractivity contribution is 7.16. The second kappa shape index (κ2) is 5.82. The number of halogens is 4. The predicted octanol–water partition coefficient (Wildman–Crippen LogP) is 3.64. The van der Waals surface area contributed by atoms with Crippen molar-refractivity contribution in [1.29, 1.82) is 0 Å². The zero-order chi connectivity index (χ0) is 16.6. The normalized spacial score (nSPS) is 11.8. The lowest BCUT2D eigenvalue weighted by molar-refractivity contribution is -0.141. The third-order valence-electron chi connectivity index (χ3n) is 2.97. The molecule has 1 N–H and O–H groups in total. The molecular weight excluding hydrogens is 353 g/mol. The molecular formula is C13H8ClF3N4OS. The summed E-state index contributed by atoms with van der Waals surface area (Å²) in [5.41, 5.74) is -0.197. The number of carbonyl (C=O) groups is 1. The smallest absolute Gasteiger partial charge is 0.308 e. The number of nitrogens with one attached hydrogen (secondary N) is 1. The summed E-state index contributed by atoms with van der Waals surface area (Å²) in [6, 6.07) is 3.19. The van der Waals surface area contributed by atoms with Gasteiger partial charge in [-0.05, 0) is 11.6 Å². The number of imidazole rings is 1. The standard InChI is InChI=1S/C13H8ClF3N4OS/c14-9-2-1-7(4-18-9)3-10(22)20-11-12-21(6-19-11)8(5-23-12)13(15,16)17/h1-2,4-6H,3H2,(H,20,22). The highest BCUT2D eigenvalue weighted by atomic mass is 35.5. The number of hydrogen-bond acceptors (Lipinski definition) is 4. The Bertz CT molecular complexity index is 856. The number of rotatable bonds is 3. The van der Waals surface area contributed by atoms with E-state index in [0.717, 1.165) is 27.4 Å². The van der Waals surface area contributed by atoms with Gasteiger partial charge in [0.15, 0.2) is 5.82 Å². The number of carbonyl (C=O) groups excluding carboxylic acids is 1. The summed E-state index contributed by atoms with van der Waals surface area (Å²) in [5.74, 6) is -0.311. The highest BCUT2D eigenvalue weighted by Crippen LogP contribution is 2.34. The molecule has 3 rings (SSSR count). The number of thiazole rings is 1. The first-order valence-corrected chi connectivity index (χ1v) is 7.52. The van der Waals surface area contributed by atoms with Gasteiger partial charge in [-0.1, -0.05) is 17.7 Å². The number of nitrogens with zero attached hydrogens (tertiary/aromatic N) is 3. The number of anilines is 1. The summed E-state index contributed by atoms with van der Waals surface area (Å²) < 4.78 is 39.3. The molecule has 0 unspecified atom stereocenters. The van der Waals surface area contributed by atoms with Crippen molar-refractivity contribution < 1.29 is 18.0 Å². The van der Waals surface area contributed by atoms with Crippen molar-refractivity contribution in [3.8, 4) is 0 Å². The molecule has 0 aliphatic rings. The second-order valence-corrected chi connectivity index (χ2v) is 5.85. The maximum absolute atomic E-state index is 12.8. The molecule has 3 heterocycles. The van der Waals surface area contributed by atoms with Crippen LogP contribution in [-0.4, -0.2) is 20.3 Å². The van der Waals surface area contributed by atoms with Gasteiger partial charge in [-0.25, -0.2) is 9.97 Å². The van der Waals surface area contributed by atoms with E-state index in [-0.39, 0.29) is 17.1 Å². The first kappa shape index (κ1) is 15.8. The Balaban J connectivity index is 1.78. The zero-order valence-corrected chi connectivity index (χ0v) is 12.8. The number of amides is 1. The van der Waals surface area contributed by atoms with Gasteiger partial charge in [0.1, 0.15) is 22.0 Å². The van der Waals surface area contributed by atoms with Crippen LogP contribution in [0.5, 0.6) is 0 Å². The number of hydrogen-bond donors (Lipinski definition) is 1. The summed E-state index contributed by atoms with van der Waals surface area (Å²) in [4.78, 5) is 19.9. The van der Waals surface area contributed by atoms with Gasteiger partial charge in [0.2, 0.25) is 5.91 Å². The minimum absolute atomic E-state index is 0.0146. The zero-order valence-electron chi connectivity index (χ0n) is 11.3. The molecule has 0 saturated carbocycles. The van der Waals surface area contributed by atoms with E-state index in [2.05, 4.69) is 15.3 Å². The van der Waals surface area contributed by atoms with Crippen LogP contribution in [0.1, 0.15) is 11.3 Å². The van der Waals surface area contributed by atoms with Crippen LogP contribution in [0.3, 0.4) is 0 Å². The van der Waals surface area contributed by atoms with E-state index in [1.807, 2.05) is 0 Å². The maximum Gasteiger partial charge on any atom is 0.432 e. The number of alkyl halides is 3. The van der Waals surface area contributed by atoms with Crippen molar-refractivity contribution in [3.05, 3.63) is 46.4 Å². The SMILES string of the molecule is O=C(Cc1ccc(Cl)nc1)Nc1ncn2c(C(F)(F)F)csc12. The van der Waals surface area contributed by atoms with E-state index in [1.165, 1.54) is 6.20 Å². The highest BCUT2D eigenvalue weighted by Gasteiger charge is 2.35. The lowest BCUT2D eigenvalue weighted by Crippen LogP contribution is -2.14. The number of pyridine rings is 1. The minimum Gasteiger partial charge on any atom is -0.308 e. The van der Waals surface area contributed by atoms with E-state index in [9.17, 15) is 18.0 Å². The molecule has 23 heavy (non-hydrogen) atoms. The minimum atomic E-state index is -4.48. The Morgan fingerprint density at radius 2 is 2.13 bits per heavy atom. The molecule has 1 amide bonds. The van der Waals surface area contributed by atoms with Gasteiger partial charge in [0.25, 0.3) is 0 Å². The van der Waals surface area contributed by atoms with Gasteiger partial charge in [-0.15, -0.1) is 11.3 Å². The van der Waals surface area contributed by atoms with Crippen molar-refractivity contribution in [2.75, 3.05) is 5.32 Å². The monoisotopic (exact) mass is 360 g/mol.